The number of rotatable bonds is 0. The fourth-order valence-corrected chi connectivity index (χ4v) is 0. The maximum absolute atomic E-state index is 0. The first kappa shape index (κ1) is 38.0. The monoisotopic (exact) mass is 122 g/mol. The summed E-state index contributed by atoms with van der Waals surface area (Å²) in [7, 11) is 0. The molecule has 0 aromatic rings. The molecule has 0 aromatic carbocycles. The Morgan fingerprint density at radius 2 is 1.00 bits per heavy atom. The van der Waals surface area contributed by atoms with Crippen molar-refractivity contribution in [3.8, 4) is 0 Å². The van der Waals surface area contributed by atoms with Crippen LogP contribution >= 0.6 is 0 Å². The van der Waals surface area contributed by atoms with E-state index in [1.165, 1.54) is 0 Å². The average molecular weight is 122 g/mol. The minimum Gasteiger partial charge on any atom is -0.0149 e. The minimum atomic E-state index is 0. The van der Waals surface area contributed by atoms with Gasteiger partial charge in [0.05, 0.1) is 0 Å². The summed E-state index contributed by atoms with van der Waals surface area (Å²) in [6, 6.07) is 0. The van der Waals surface area contributed by atoms with Crippen molar-refractivity contribution in [2.24, 2.45) is 0 Å². The van der Waals surface area contributed by atoms with Crippen molar-refractivity contribution in [3.05, 3.63) is 0 Å². The SMILES string of the molecule is O.[AlH3].[CaH2].[SiH4]. The summed E-state index contributed by atoms with van der Waals surface area (Å²) in [5, 5.41) is 0. The van der Waals surface area contributed by atoms with Gasteiger partial charge in [0.1, 0.15) is 0 Å². The zero-order valence-electron chi connectivity index (χ0n) is 0.500. The van der Waals surface area contributed by atoms with Crippen LogP contribution in [-0.2, 0) is 0 Å². The Morgan fingerprint density at radius 3 is 1.00 bits per heavy atom. The van der Waals surface area contributed by atoms with Gasteiger partial charge in [-0.25, -0.2) is 0 Å². The van der Waals surface area contributed by atoms with Crippen LogP contribution in [0.1, 0.15) is 0 Å². The van der Waals surface area contributed by atoms with Crippen LogP contribution in [0.5, 0.6) is 0 Å². The standard InChI is InChI=1S/Al.Ca.H2O.H4Si.5H/h;;1H2;1H4;;;;;. The van der Waals surface area contributed by atoms with E-state index in [1.54, 1.807) is 0 Å². The molecule has 2 N–H and O–H groups in total. The molecular formula is H11AlCaOSi. The first-order valence-corrected chi connectivity index (χ1v) is 0. The van der Waals surface area contributed by atoms with E-state index in [2.05, 4.69) is 0 Å². The second-order valence-electron chi connectivity index (χ2n) is 0. The minimum absolute atomic E-state index is 0. The Hall–Kier alpha value is 1.97. The summed E-state index contributed by atoms with van der Waals surface area (Å²) in [5.74, 6) is 0. The van der Waals surface area contributed by atoms with Gasteiger partial charge in [-0.15, -0.1) is 0 Å². The summed E-state index contributed by atoms with van der Waals surface area (Å²) < 4.78 is 0. The van der Waals surface area contributed by atoms with Crippen molar-refractivity contribution in [1.82, 2.24) is 0 Å². The Morgan fingerprint density at radius 1 is 1.00 bits per heavy atom. The van der Waals surface area contributed by atoms with E-state index in [0.717, 1.165) is 0 Å². The van der Waals surface area contributed by atoms with Gasteiger partial charge < -0.3 is 5.48 Å². The molecule has 0 saturated heterocycles. The molecule has 0 fully saturated rings. The fourth-order valence-electron chi connectivity index (χ4n) is 0. The molecule has 0 amide bonds. The summed E-state index contributed by atoms with van der Waals surface area (Å²) in [6.45, 7) is 0. The van der Waals surface area contributed by atoms with Crippen molar-refractivity contribution < 1.29 is 5.48 Å². The van der Waals surface area contributed by atoms with E-state index < -0.39 is 0 Å². The Bertz CT molecular complexity index is 8.00. The molecule has 0 spiro atoms. The molecule has 0 aliphatic heterocycles. The molecular weight excluding hydrogens is 111 g/mol. The van der Waals surface area contributed by atoms with E-state index in [9.17, 15) is 0 Å². The van der Waals surface area contributed by atoms with Gasteiger partial charge in [-0.3, -0.25) is 0 Å². The van der Waals surface area contributed by atoms with Crippen LogP contribution in [0.3, 0.4) is 0 Å². The van der Waals surface area contributed by atoms with Gasteiger partial charge in [-0.1, -0.05) is 0 Å². The third kappa shape index (κ3) is 9.02. The van der Waals surface area contributed by atoms with Gasteiger partial charge >= 0.3 is 37.7 Å². The Kier molecular flexibility index (Phi) is 192. The maximum Gasteiger partial charge on any atom is -0.0149 e. The van der Waals surface area contributed by atoms with Crippen molar-refractivity contribution >= 4 is 66.1 Å². The van der Waals surface area contributed by atoms with E-state index >= 15 is 0 Å². The van der Waals surface area contributed by atoms with Gasteiger partial charge in [0.2, 0.25) is 0 Å². The van der Waals surface area contributed by atoms with Crippen LogP contribution in [0.4, 0.5) is 0 Å². The smallest absolute Gasteiger partial charge is 0.0149 e. The third-order valence-electron chi connectivity index (χ3n) is 0. The zero-order chi connectivity index (χ0) is 0. The van der Waals surface area contributed by atoms with Gasteiger partial charge in [-0.05, 0) is 11.0 Å². The first-order chi connectivity index (χ1) is 0. The largest absolute Gasteiger partial charge is 0.0149 e. The van der Waals surface area contributed by atoms with E-state index in [1.807, 2.05) is 0 Å². The third-order valence-corrected chi connectivity index (χ3v) is 0. The molecule has 0 aliphatic rings. The van der Waals surface area contributed by atoms with E-state index in [-0.39, 0.29) is 71.5 Å². The molecule has 0 heterocycles. The number of hydrogen-bond acceptors (Lipinski definition) is 0. The Balaban J connectivity index is 0. The van der Waals surface area contributed by atoms with Crippen LogP contribution < -0.4 is 0 Å². The van der Waals surface area contributed by atoms with Crippen LogP contribution in [-0.4, -0.2) is 71.5 Å². The summed E-state index contributed by atoms with van der Waals surface area (Å²) >= 11 is 0. The van der Waals surface area contributed by atoms with E-state index in [4.69, 9.17) is 0 Å². The summed E-state index contributed by atoms with van der Waals surface area (Å²) in [6.07, 6.45) is 0. The molecule has 0 unspecified atom stereocenters. The topological polar surface area (TPSA) is 31.5 Å². The second kappa shape index (κ2) is 20.2. The summed E-state index contributed by atoms with van der Waals surface area (Å²) in [4.78, 5) is 0. The molecule has 26 valence electrons. The van der Waals surface area contributed by atoms with Crippen LogP contribution in [0, 0.1) is 0 Å². The molecule has 0 radical (unpaired) electrons. The molecule has 0 bridgehead atoms. The molecule has 0 aromatic heterocycles. The van der Waals surface area contributed by atoms with Gasteiger partial charge in [0.15, 0.2) is 17.4 Å². The predicted molar refractivity (Wildman–Crippen MR) is 33.4 cm³/mol. The van der Waals surface area contributed by atoms with Crippen LogP contribution in [0.15, 0.2) is 0 Å². The normalized spacial score (nSPS) is 0. The van der Waals surface area contributed by atoms with Crippen molar-refractivity contribution in [2.45, 2.75) is 0 Å². The molecule has 0 rings (SSSR count). The molecule has 4 heavy (non-hydrogen) atoms. The fraction of sp³-hybridized carbons (Fsp3) is 0. The Labute approximate surface area is 70.6 Å². The van der Waals surface area contributed by atoms with Gasteiger partial charge in [0.25, 0.3) is 0 Å². The molecule has 4 heteroatoms. The van der Waals surface area contributed by atoms with Gasteiger partial charge in [-0.2, -0.15) is 0 Å². The van der Waals surface area contributed by atoms with Crippen molar-refractivity contribution in [1.29, 1.82) is 0 Å². The van der Waals surface area contributed by atoms with E-state index in [0.29, 0.717) is 0 Å². The molecule has 1 nitrogen and oxygen atoms in total. The van der Waals surface area contributed by atoms with Crippen molar-refractivity contribution in [3.63, 3.8) is 0 Å². The maximum atomic E-state index is 0. The van der Waals surface area contributed by atoms with Crippen LogP contribution in [0.25, 0.3) is 0 Å². The van der Waals surface area contributed by atoms with Crippen LogP contribution in [0.2, 0.25) is 0 Å². The predicted octanol–water partition coefficient (Wildman–Crippen LogP) is -4.38. The quantitative estimate of drug-likeness (QED) is 0.291. The van der Waals surface area contributed by atoms with Crippen molar-refractivity contribution in [2.75, 3.05) is 0 Å². The second-order valence-corrected chi connectivity index (χ2v) is 0. The molecule has 0 saturated carbocycles. The zero-order valence-corrected chi connectivity index (χ0v) is 0.500. The average Bonchev–Trinajstić information content (AvgIpc) is 0. The molecule has 0 aliphatic carbocycles. The molecule has 0 atom stereocenters. The number of hydrogen-bond donors (Lipinski definition) is 0. The first-order valence-electron chi connectivity index (χ1n) is 0. The summed E-state index contributed by atoms with van der Waals surface area (Å²) in [5.41, 5.74) is 0. The van der Waals surface area contributed by atoms with Gasteiger partial charge in [0, 0.05) is 0 Å².